The summed E-state index contributed by atoms with van der Waals surface area (Å²) in [5.41, 5.74) is 0.433. The van der Waals surface area contributed by atoms with Gasteiger partial charge in [0.15, 0.2) is 5.79 Å². The third-order valence-electron chi connectivity index (χ3n) is 4.54. The van der Waals surface area contributed by atoms with Crippen molar-refractivity contribution in [2.45, 2.75) is 45.3 Å². The first-order valence-electron chi connectivity index (χ1n) is 8.79. The lowest BCUT2D eigenvalue weighted by Crippen LogP contribution is -2.45. The molecule has 0 aromatic carbocycles. The number of carbonyl (C=O) groups excluding carboxylic acids is 1. The average molecular weight is 334 g/mol. The number of amides is 1. The largest absolute Gasteiger partial charge is 0.356 e. The van der Waals surface area contributed by atoms with Gasteiger partial charge in [0.2, 0.25) is 0 Å². The van der Waals surface area contributed by atoms with Crippen LogP contribution in [0.3, 0.4) is 0 Å². The number of rotatable bonds is 5. The second-order valence-corrected chi connectivity index (χ2v) is 6.36. The minimum absolute atomic E-state index is 0.133. The molecule has 2 aliphatic rings. The number of nitrogens with one attached hydrogen (secondary N) is 1. The summed E-state index contributed by atoms with van der Waals surface area (Å²) in [6.45, 7) is 7.54. The lowest BCUT2D eigenvalue weighted by atomic mass is 10.0. The van der Waals surface area contributed by atoms with Crippen molar-refractivity contribution in [3.63, 3.8) is 0 Å². The normalized spacial score (nSPS) is 19.7. The molecule has 0 atom stereocenters. The van der Waals surface area contributed by atoms with Gasteiger partial charge in [-0.05, 0) is 13.3 Å². The Balaban J connectivity index is 1.66. The standard InChI is InChI=1S/C17H26N4O3/c1-3-4-7-18-16(22)14-12-15(20-13(2)19-14)21-8-5-17(6-9-21)23-10-11-24-17/h12H,3-11H2,1-2H3,(H,18,22). The molecule has 0 bridgehead atoms. The molecule has 0 aliphatic carbocycles. The number of hydrogen-bond donors (Lipinski definition) is 1. The van der Waals surface area contributed by atoms with Gasteiger partial charge in [-0.3, -0.25) is 4.79 Å². The molecule has 0 radical (unpaired) electrons. The Hall–Kier alpha value is -1.73. The second-order valence-electron chi connectivity index (χ2n) is 6.36. The van der Waals surface area contributed by atoms with Crippen LogP contribution in [0.15, 0.2) is 6.07 Å². The molecular formula is C17H26N4O3. The van der Waals surface area contributed by atoms with E-state index >= 15 is 0 Å². The average Bonchev–Trinajstić information content (AvgIpc) is 3.03. The molecule has 1 N–H and O–H groups in total. The quantitative estimate of drug-likeness (QED) is 0.825. The summed E-state index contributed by atoms with van der Waals surface area (Å²) < 4.78 is 11.5. The third-order valence-corrected chi connectivity index (χ3v) is 4.54. The van der Waals surface area contributed by atoms with Crippen LogP contribution in [0.1, 0.15) is 48.9 Å². The summed E-state index contributed by atoms with van der Waals surface area (Å²) in [6.07, 6.45) is 3.65. The first kappa shape index (κ1) is 17.1. The van der Waals surface area contributed by atoms with E-state index in [0.29, 0.717) is 31.3 Å². The lowest BCUT2D eigenvalue weighted by molar-refractivity contribution is -0.169. The van der Waals surface area contributed by atoms with Crippen LogP contribution in [0.5, 0.6) is 0 Å². The van der Waals surface area contributed by atoms with Gasteiger partial charge in [-0.1, -0.05) is 13.3 Å². The number of aromatic nitrogens is 2. The van der Waals surface area contributed by atoms with E-state index in [1.54, 1.807) is 6.07 Å². The topological polar surface area (TPSA) is 76.6 Å². The summed E-state index contributed by atoms with van der Waals surface area (Å²) in [4.78, 5) is 23.2. The maximum atomic E-state index is 12.3. The molecule has 2 fully saturated rings. The zero-order valence-corrected chi connectivity index (χ0v) is 14.5. The van der Waals surface area contributed by atoms with Crippen LogP contribution in [-0.4, -0.2) is 54.5 Å². The van der Waals surface area contributed by atoms with Gasteiger partial charge in [0, 0.05) is 38.5 Å². The van der Waals surface area contributed by atoms with Crippen LogP contribution in [-0.2, 0) is 9.47 Å². The number of piperidine rings is 1. The van der Waals surface area contributed by atoms with E-state index in [1.807, 2.05) is 6.92 Å². The Bertz CT molecular complexity index is 577. The first-order chi connectivity index (χ1) is 11.6. The van der Waals surface area contributed by atoms with E-state index in [0.717, 1.165) is 44.6 Å². The summed E-state index contributed by atoms with van der Waals surface area (Å²) in [5.74, 6) is 0.878. The van der Waals surface area contributed by atoms with E-state index in [4.69, 9.17) is 9.47 Å². The molecule has 3 heterocycles. The maximum absolute atomic E-state index is 12.3. The molecule has 1 spiro atoms. The molecule has 2 aliphatic heterocycles. The third kappa shape index (κ3) is 3.84. The van der Waals surface area contributed by atoms with Gasteiger partial charge in [0.05, 0.1) is 13.2 Å². The Kier molecular flexibility index (Phi) is 5.30. The smallest absolute Gasteiger partial charge is 0.270 e. The van der Waals surface area contributed by atoms with E-state index in [1.165, 1.54) is 0 Å². The van der Waals surface area contributed by atoms with Gasteiger partial charge in [-0.25, -0.2) is 9.97 Å². The zero-order chi connectivity index (χ0) is 17.0. The molecule has 3 rings (SSSR count). The fourth-order valence-corrected chi connectivity index (χ4v) is 3.16. The minimum atomic E-state index is -0.404. The highest BCUT2D eigenvalue weighted by Gasteiger charge is 2.40. The number of aryl methyl sites for hydroxylation is 1. The van der Waals surface area contributed by atoms with Crippen LogP contribution < -0.4 is 10.2 Å². The van der Waals surface area contributed by atoms with Crippen molar-refractivity contribution in [2.24, 2.45) is 0 Å². The Morgan fingerprint density at radius 1 is 1.29 bits per heavy atom. The fourth-order valence-electron chi connectivity index (χ4n) is 3.16. The predicted octanol–water partition coefficient (Wildman–Crippen LogP) is 1.66. The van der Waals surface area contributed by atoms with Crippen LogP contribution >= 0.6 is 0 Å². The fraction of sp³-hybridized carbons (Fsp3) is 0.706. The number of hydrogen-bond acceptors (Lipinski definition) is 6. The highest BCUT2D eigenvalue weighted by Crippen LogP contribution is 2.32. The van der Waals surface area contributed by atoms with E-state index in [9.17, 15) is 4.79 Å². The Morgan fingerprint density at radius 3 is 2.67 bits per heavy atom. The van der Waals surface area contributed by atoms with Gasteiger partial charge in [-0.2, -0.15) is 0 Å². The molecule has 1 aromatic rings. The van der Waals surface area contributed by atoms with Gasteiger partial charge < -0.3 is 19.7 Å². The van der Waals surface area contributed by atoms with Crippen molar-refractivity contribution in [3.8, 4) is 0 Å². The van der Waals surface area contributed by atoms with Gasteiger partial charge in [-0.15, -0.1) is 0 Å². The SMILES string of the molecule is CCCCNC(=O)c1cc(N2CCC3(CC2)OCCO3)nc(C)n1. The maximum Gasteiger partial charge on any atom is 0.270 e. The molecule has 132 valence electrons. The number of nitrogens with zero attached hydrogens (tertiary/aromatic N) is 3. The number of ether oxygens (including phenoxy) is 2. The Labute approximate surface area is 142 Å². The molecule has 7 heteroatoms. The molecule has 7 nitrogen and oxygen atoms in total. The Morgan fingerprint density at radius 2 is 2.00 bits per heavy atom. The predicted molar refractivity (Wildman–Crippen MR) is 90.1 cm³/mol. The van der Waals surface area contributed by atoms with Crippen molar-refractivity contribution in [1.29, 1.82) is 0 Å². The lowest BCUT2D eigenvalue weighted by Gasteiger charge is -2.38. The summed E-state index contributed by atoms with van der Waals surface area (Å²) in [5, 5.41) is 2.91. The highest BCUT2D eigenvalue weighted by molar-refractivity contribution is 5.92. The van der Waals surface area contributed by atoms with Crippen molar-refractivity contribution in [3.05, 3.63) is 17.6 Å². The molecule has 0 saturated carbocycles. The number of unbranched alkanes of at least 4 members (excludes halogenated alkanes) is 1. The van der Waals surface area contributed by atoms with Crippen molar-refractivity contribution in [2.75, 3.05) is 37.7 Å². The first-order valence-corrected chi connectivity index (χ1v) is 8.79. The number of anilines is 1. The van der Waals surface area contributed by atoms with Crippen LogP contribution in [0.25, 0.3) is 0 Å². The van der Waals surface area contributed by atoms with Crippen LogP contribution in [0, 0.1) is 6.92 Å². The molecule has 1 aromatic heterocycles. The van der Waals surface area contributed by atoms with Crippen LogP contribution in [0.4, 0.5) is 5.82 Å². The van der Waals surface area contributed by atoms with Crippen molar-refractivity contribution < 1.29 is 14.3 Å². The van der Waals surface area contributed by atoms with Gasteiger partial charge >= 0.3 is 0 Å². The van der Waals surface area contributed by atoms with E-state index < -0.39 is 5.79 Å². The molecule has 0 unspecified atom stereocenters. The van der Waals surface area contributed by atoms with Gasteiger partial charge in [0.1, 0.15) is 17.3 Å². The summed E-state index contributed by atoms with van der Waals surface area (Å²) >= 11 is 0. The summed E-state index contributed by atoms with van der Waals surface area (Å²) in [7, 11) is 0. The molecule has 1 amide bonds. The second kappa shape index (κ2) is 7.44. The van der Waals surface area contributed by atoms with E-state index in [-0.39, 0.29) is 5.91 Å². The van der Waals surface area contributed by atoms with E-state index in [2.05, 4.69) is 27.1 Å². The minimum Gasteiger partial charge on any atom is -0.356 e. The molecular weight excluding hydrogens is 308 g/mol. The highest BCUT2D eigenvalue weighted by atomic mass is 16.7. The monoisotopic (exact) mass is 334 g/mol. The van der Waals surface area contributed by atoms with Crippen molar-refractivity contribution >= 4 is 11.7 Å². The molecule has 24 heavy (non-hydrogen) atoms. The van der Waals surface area contributed by atoms with Gasteiger partial charge in [0.25, 0.3) is 5.91 Å². The molecule has 2 saturated heterocycles. The zero-order valence-electron chi connectivity index (χ0n) is 14.5. The summed E-state index contributed by atoms with van der Waals surface area (Å²) in [6, 6.07) is 1.78. The number of carbonyl (C=O) groups is 1. The van der Waals surface area contributed by atoms with Crippen molar-refractivity contribution in [1.82, 2.24) is 15.3 Å². The van der Waals surface area contributed by atoms with Crippen LogP contribution in [0.2, 0.25) is 0 Å².